The second kappa shape index (κ2) is 2.80. The summed E-state index contributed by atoms with van der Waals surface area (Å²) in [6, 6.07) is 5.33. The molecule has 1 heterocycles. The smallest absolute Gasteiger partial charge is 0.126 e. The summed E-state index contributed by atoms with van der Waals surface area (Å²) in [6.45, 7) is 3.70. The average Bonchev–Trinajstić information content (AvgIpc) is 2.08. The molecule has 0 aliphatic rings. The molecule has 0 N–H and O–H groups in total. The first-order chi connectivity index (χ1) is 6.16. The van der Waals surface area contributed by atoms with Crippen LogP contribution < -0.4 is 0 Å². The second-order valence-corrected chi connectivity index (χ2v) is 3.27. The summed E-state index contributed by atoms with van der Waals surface area (Å²) in [6.07, 6.45) is 1.70. The Morgan fingerprint density at radius 1 is 1.08 bits per heavy atom. The van der Waals surface area contributed by atoms with Crippen LogP contribution in [0.2, 0.25) is 0 Å². The first-order valence-corrected chi connectivity index (χ1v) is 4.19. The SMILES string of the molecule is Cc1cc2cc(C)c(F)cc2cn1. The van der Waals surface area contributed by atoms with Crippen LogP contribution in [0.4, 0.5) is 4.39 Å². The van der Waals surface area contributed by atoms with Crippen molar-refractivity contribution in [3.05, 3.63) is 41.5 Å². The van der Waals surface area contributed by atoms with Crippen LogP contribution in [-0.4, -0.2) is 4.98 Å². The van der Waals surface area contributed by atoms with E-state index in [2.05, 4.69) is 4.98 Å². The summed E-state index contributed by atoms with van der Waals surface area (Å²) in [7, 11) is 0. The van der Waals surface area contributed by atoms with E-state index in [0.29, 0.717) is 5.56 Å². The van der Waals surface area contributed by atoms with Crippen molar-refractivity contribution in [1.29, 1.82) is 0 Å². The summed E-state index contributed by atoms with van der Waals surface area (Å²) in [4.78, 5) is 4.11. The molecule has 0 spiro atoms. The Hall–Kier alpha value is -1.44. The van der Waals surface area contributed by atoms with Gasteiger partial charge in [0.1, 0.15) is 5.82 Å². The Labute approximate surface area is 76.2 Å². The lowest BCUT2D eigenvalue weighted by molar-refractivity contribution is 0.620. The van der Waals surface area contributed by atoms with Crippen LogP contribution in [0.5, 0.6) is 0 Å². The molecule has 0 radical (unpaired) electrons. The van der Waals surface area contributed by atoms with Crippen molar-refractivity contribution in [3.8, 4) is 0 Å². The van der Waals surface area contributed by atoms with Gasteiger partial charge in [0, 0.05) is 17.3 Å². The zero-order valence-corrected chi connectivity index (χ0v) is 7.63. The highest BCUT2D eigenvalue weighted by atomic mass is 19.1. The van der Waals surface area contributed by atoms with Gasteiger partial charge in [-0.25, -0.2) is 4.39 Å². The number of pyridine rings is 1. The lowest BCUT2D eigenvalue weighted by atomic mass is 10.1. The topological polar surface area (TPSA) is 12.9 Å². The van der Waals surface area contributed by atoms with Gasteiger partial charge in [0.05, 0.1) is 0 Å². The molecule has 0 fully saturated rings. The van der Waals surface area contributed by atoms with Gasteiger partial charge in [0.15, 0.2) is 0 Å². The Bertz CT molecular complexity index is 463. The van der Waals surface area contributed by atoms with Crippen LogP contribution in [0.3, 0.4) is 0 Å². The van der Waals surface area contributed by atoms with Gasteiger partial charge in [0.25, 0.3) is 0 Å². The number of rotatable bonds is 0. The zero-order chi connectivity index (χ0) is 9.42. The van der Waals surface area contributed by atoms with Gasteiger partial charge < -0.3 is 0 Å². The van der Waals surface area contributed by atoms with Crippen LogP contribution in [0.1, 0.15) is 11.3 Å². The second-order valence-electron chi connectivity index (χ2n) is 3.27. The number of fused-ring (bicyclic) bond motifs is 1. The number of benzene rings is 1. The van der Waals surface area contributed by atoms with Gasteiger partial charge in [0.2, 0.25) is 0 Å². The minimum absolute atomic E-state index is 0.168. The third-order valence-corrected chi connectivity index (χ3v) is 2.14. The quantitative estimate of drug-likeness (QED) is 0.599. The number of aryl methyl sites for hydroxylation is 2. The number of hydrogen-bond acceptors (Lipinski definition) is 1. The molecule has 0 atom stereocenters. The Morgan fingerprint density at radius 2 is 1.85 bits per heavy atom. The zero-order valence-electron chi connectivity index (χ0n) is 7.63. The van der Waals surface area contributed by atoms with Gasteiger partial charge in [-0.15, -0.1) is 0 Å². The molecule has 0 bridgehead atoms. The predicted molar refractivity (Wildman–Crippen MR) is 51.2 cm³/mol. The number of hydrogen-bond donors (Lipinski definition) is 0. The highest BCUT2D eigenvalue weighted by Crippen LogP contribution is 2.18. The Morgan fingerprint density at radius 3 is 2.62 bits per heavy atom. The van der Waals surface area contributed by atoms with Gasteiger partial charge in [-0.3, -0.25) is 4.98 Å². The van der Waals surface area contributed by atoms with Crippen LogP contribution in [-0.2, 0) is 0 Å². The van der Waals surface area contributed by atoms with Crippen molar-refractivity contribution in [2.45, 2.75) is 13.8 Å². The predicted octanol–water partition coefficient (Wildman–Crippen LogP) is 2.99. The molecule has 66 valence electrons. The van der Waals surface area contributed by atoms with Crippen molar-refractivity contribution in [2.24, 2.45) is 0 Å². The molecule has 2 rings (SSSR count). The fourth-order valence-corrected chi connectivity index (χ4v) is 1.39. The fourth-order valence-electron chi connectivity index (χ4n) is 1.39. The largest absolute Gasteiger partial charge is 0.261 e. The van der Waals surface area contributed by atoms with Gasteiger partial charge in [-0.1, -0.05) is 0 Å². The Balaban J connectivity index is 2.81. The molecule has 0 amide bonds. The first kappa shape index (κ1) is 8.17. The molecule has 13 heavy (non-hydrogen) atoms. The lowest BCUT2D eigenvalue weighted by Gasteiger charge is -2.01. The van der Waals surface area contributed by atoms with E-state index in [1.807, 2.05) is 19.1 Å². The van der Waals surface area contributed by atoms with E-state index in [9.17, 15) is 4.39 Å². The minimum Gasteiger partial charge on any atom is -0.261 e. The van der Waals surface area contributed by atoms with Gasteiger partial charge >= 0.3 is 0 Å². The van der Waals surface area contributed by atoms with E-state index < -0.39 is 0 Å². The lowest BCUT2D eigenvalue weighted by Crippen LogP contribution is -1.85. The van der Waals surface area contributed by atoms with Crippen LogP contribution in [0.15, 0.2) is 24.4 Å². The van der Waals surface area contributed by atoms with E-state index >= 15 is 0 Å². The van der Waals surface area contributed by atoms with Crippen molar-refractivity contribution in [2.75, 3.05) is 0 Å². The molecule has 0 saturated carbocycles. The van der Waals surface area contributed by atoms with Crippen molar-refractivity contribution in [3.63, 3.8) is 0 Å². The van der Waals surface area contributed by atoms with Crippen LogP contribution in [0, 0.1) is 19.7 Å². The highest BCUT2D eigenvalue weighted by molar-refractivity contribution is 5.82. The maximum atomic E-state index is 13.1. The molecule has 2 heteroatoms. The standard InChI is InChI=1S/C11H10FN/c1-7-3-9-4-8(2)13-6-10(9)5-11(7)12/h3-6H,1-2H3. The summed E-state index contributed by atoms with van der Waals surface area (Å²) in [5.41, 5.74) is 1.64. The molecule has 1 aromatic carbocycles. The van der Waals surface area contributed by atoms with Crippen molar-refractivity contribution < 1.29 is 4.39 Å². The molecule has 0 saturated heterocycles. The molecular formula is C11H10FN. The molecule has 0 aliphatic carbocycles. The summed E-state index contributed by atoms with van der Waals surface area (Å²) >= 11 is 0. The third kappa shape index (κ3) is 1.39. The minimum atomic E-state index is -0.168. The average molecular weight is 175 g/mol. The number of nitrogens with zero attached hydrogens (tertiary/aromatic N) is 1. The van der Waals surface area contributed by atoms with E-state index in [0.717, 1.165) is 16.5 Å². The summed E-state index contributed by atoms with van der Waals surface area (Å²) in [5.74, 6) is -0.168. The monoisotopic (exact) mass is 175 g/mol. The van der Waals surface area contributed by atoms with E-state index in [1.165, 1.54) is 6.07 Å². The molecule has 1 aromatic heterocycles. The van der Waals surface area contributed by atoms with E-state index in [-0.39, 0.29) is 5.82 Å². The molecule has 0 unspecified atom stereocenters. The van der Waals surface area contributed by atoms with Crippen molar-refractivity contribution >= 4 is 10.8 Å². The first-order valence-electron chi connectivity index (χ1n) is 4.19. The number of halogens is 1. The maximum Gasteiger partial charge on any atom is 0.126 e. The molecule has 2 aromatic rings. The Kier molecular flexibility index (Phi) is 1.76. The van der Waals surface area contributed by atoms with E-state index in [1.54, 1.807) is 13.1 Å². The van der Waals surface area contributed by atoms with Gasteiger partial charge in [-0.05, 0) is 43.0 Å². The highest BCUT2D eigenvalue weighted by Gasteiger charge is 2.00. The fraction of sp³-hybridized carbons (Fsp3) is 0.182. The number of aromatic nitrogens is 1. The van der Waals surface area contributed by atoms with E-state index in [4.69, 9.17) is 0 Å². The van der Waals surface area contributed by atoms with Gasteiger partial charge in [-0.2, -0.15) is 0 Å². The molecule has 1 nitrogen and oxygen atoms in total. The van der Waals surface area contributed by atoms with Crippen LogP contribution >= 0.6 is 0 Å². The van der Waals surface area contributed by atoms with Crippen molar-refractivity contribution in [1.82, 2.24) is 4.98 Å². The molecular weight excluding hydrogens is 165 g/mol. The summed E-state index contributed by atoms with van der Waals surface area (Å²) < 4.78 is 13.1. The third-order valence-electron chi connectivity index (χ3n) is 2.14. The maximum absolute atomic E-state index is 13.1. The van der Waals surface area contributed by atoms with Crippen LogP contribution in [0.25, 0.3) is 10.8 Å². The normalized spacial score (nSPS) is 10.7. The molecule has 0 aliphatic heterocycles. The summed E-state index contributed by atoms with van der Waals surface area (Å²) in [5, 5.41) is 1.90.